The zero-order valence-electron chi connectivity index (χ0n) is 11.1. The van der Waals surface area contributed by atoms with Crippen molar-refractivity contribution in [3.8, 4) is 0 Å². The average Bonchev–Trinajstić information content (AvgIpc) is 2.75. The fourth-order valence-electron chi connectivity index (χ4n) is 2.05. The standard InChI is InChI=1S/C13H16BrFN4/c1-8(2)19-13(9(14)7-18-19)12(16-3)11-10(15)5-4-6-17-11/h4-8,12,16H,1-3H3. The normalized spacial score (nSPS) is 12.9. The molecule has 0 saturated carbocycles. The second-order valence-corrected chi connectivity index (χ2v) is 5.36. The van der Waals surface area contributed by atoms with E-state index in [-0.39, 0.29) is 17.9 Å². The van der Waals surface area contributed by atoms with Gasteiger partial charge in [-0.1, -0.05) is 0 Å². The molecule has 0 radical (unpaired) electrons. The fourth-order valence-corrected chi connectivity index (χ4v) is 2.55. The van der Waals surface area contributed by atoms with Crippen LogP contribution in [0.3, 0.4) is 0 Å². The van der Waals surface area contributed by atoms with Gasteiger partial charge in [0.2, 0.25) is 0 Å². The molecule has 1 atom stereocenters. The van der Waals surface area contributed by atoms with E-state index in [0.29, 0.717) is 5.69 Å². The predicted octanol–water partition coefficient (Wildman–Crippen LogP) is 3.07. The van der Waals surface area contributed by atoms with Gasteiger partial charge < -0.3 is 5.32 Å². The van der Waals surface area contributed by atoms with Gasteiger partial charge in [-0.25, -0.2) is 4.39 Å². The second-order valence-electron chi connectivity index (χ2n) is 4.51. The molecular weight excluding hydrogens is 311 g/mol. The lowest BCUT2D eigenvalue weighted by Gasteiger charge is -2.20. The topological polar surface area (TPSA) is 42.7 Å². The van der Waals surface area contributed by atoms with Crippen LogP contribution in [0.1, 0.15) is 37.3 Å². The average molecular weight is 327 g/mol. The number of hydrogen-bond acceptors (Lipinski definition) is 3. The Morgan fingerprint density at radius 2 is 2.16 bits per heavy atom. The van der Waals surface area contributed by atoms with E-state index in [1.807, 2.05) is 18.5 Å². The Balaban J connectivity index is 2.55. The number of pyridine rings is 1. The van der Waals surface area contributed by atoms with Gasteiger partial charge in [-0.3, -0.25) is 9.67 Å². The first-order valence-corrected chi connectivity index (χ1v) is 6.86. The lowest BCUT2D eigenvalue weighted by atomic mass is 10.1. The highest BCUT2D eigenvalue weighted by Crippen LogP contribution is 2.30. The highest BCUT2D eigenvalue weighted by atomic mass is 79.9. The highest BCUT2D eigenvalue weighted by Gasteiger charge is 2.25. The lowest BCUT2D eigenvalue weighted by molar-refractivity contribution is 0.469. The summed E-state index contributed by atoms with van der Waals surface area (Å²) in [6, 6.07) is 2.83. The molecule has 6 heteroatoms. The van der Waals surface area contributed by atoms with Crippen LogP contribution < -0.4 is 5.32 Å². The fraction of sp³-hybridized carbons (Fsp3) is 0.385. The van der Waals surface area contributed by atoms with Crippen molar-refractivity contribution in [2.45, 2.75) is 25.9 Å². The van der Waals surface area contributed by atoms with E-state index in [0.717, 1.165) is 10.2 Å². The molecule has 0 amide bonds. The monoisotopic (exact) mass is 326 g/mol. The molecule has 0 saturated heterocycles. The summed E-state index contributed by atoms with van der Waals surface area (Å²) in [5, 5.41) is 7.42. The van der Waals surface area contributed by atoms with E-state index in [1.54, 1.807) is 25.5 Å². The Morgan fingerprint density at radius 1 is 1.42 bits per heavy atom. The van der Waals surface area contributed by atoms with Crippen molar-refractivity contribution in [1.29, 1.82) is 0 Å². The first-order valence-electron chi connectivity index (χ1n) is 6.06. The van der Waals surface area contributed by atoms with Crippen molar-refractivity contribution in [2.75, 3.05) is 7.05 Å². The third-order valence-corrected chi connectivity index (χ3v) is 3.51. The highest BCUT2D eigenvalue weighted by molar-refractivity contribution is 9.10. The molecule has 0 bridgehead atoms. The van der Waals surface area contributed by atoms with Crippen LogP contribution in [0.2, 0.25) is 0 Å². The van der Waals surface area contributed by atoms with Gasteiger partial charge in [-0.05, 0) is 49.0 Å². The van der Waals surface area contributed by atoms with Crippen LogP contribution in [-0.2, 0) is 0 Å². The molecule has 0 aromatic carbocycles. The largest absolute Gasteiger partial charge is 0.307 e. The zero-order chi connectivity index (χ0) is 14.0. The van der Waals surface area contributed by atoms with Crippen LogP contribution in [0.4, 0.5) is 4.39 Å². The number of hydrogen-bond donors (Lipinski definition) is 1. The summed E-state index contributed by atoms with van der Waals surface area (Å²) in [4.78, 5) is 4.15. The second kappa shape index (κ2) is 5.79. The summed E-state index contributed by atoms with van der Waals surface area (Å²) in [5.41, 5.74) is 1.24. The van der Waals surface area contributed by atoms with Crippen molar-refractivity contribution < 1.29 is 4.39 Å². The van der Waals surface area contributed by atoms with Crippen LogP contribution in [0.15, 0.2) is 29.0 Å². The number of halogens is 2. The summed E-state index contributed by atoms with van der Waals surface area (Å²) in [7, 11) is 1.78. The van der Waals surface area contributed by atoms with Crippen molar-refractivity contribution in [2.24, 2.45) is 0 Å². The molecule has 2 rings (SSSR count). The molecule has 2 heterocycles. The SMILES string of the molecule is CNC(c1ncccc1F)c1c(Br)cnn1C(C)C. The molecule has 2 aromatic heterocycles. The molecule has 1 N–H and O–H groups in total. The van der Waals surface area contributed by atoms with Crippen LogP contribution >= 0.6 is 15.9 Å². The lowest BCUT2D eigenvalue weighted by Crippen LogP contribution is -2.24. The summed E-state index contributed by atoms with van der Waals surface area (Å²) in [6.07, 6.45) is 3.31. The number of nitrogens with zero attached hydrogens (tertiary/aromatic N) is 3. The predicted molar refractivity (Wildman–Crippen MR) is 75.4 cm³/mol. The molecule has 0 fully saturated rings. The Bertz CT molecular complexity index is 568. The molecule has 2 aromatic rings. The van der Waals surface area contributed by atoms with Crippen LogP contribution in [0.5, 0.6) is 0 Å². The third kappa shape index (κ3) is 2.69. The van der Waals surface area contributed by atoms with Crippen molar-refractivity contribution in [1.82, 2.24) is 20.1 Å². The molecule has 0 aliphatic carbocycles. The van der Waals surface area contributed by atoms with Crippen LogP contribution in [0.25, 0.3) is 0 Å². The third-order valence-electron chi connectivity index (χ3n) is 2.90. The Morgan fingerprint density at radius 3 is 2.74 bits per heavy atom. The first kappa shape index (κ1) is 14.1. The molecular formula is C13H16BrFN4. The molecule has 4 nitrogen and oxygen atoms in total. The van der Waals surface area contributed by atoms with Crippen molar-refractivity contribution in [3.05, 3.63) is 46.2 Å². The Labute approximate surface area is 120 Å². The van der Waals surface area contributed by atoms with Crippen molar-refractivity contribution in [3.63, 3.8) is 0 Å². The van der Waals surface area contributed by atoms with Gasteiger partial charge in [0.25, 0.3) is 0 Å². The van der Waals surface area contributed by atoms with E-state index >= 15 is 0 Å². The van der Waals surface area contributed by atoms with Gasteiger partial charge in [-0.2, -0.15) is 5.10 Å². The van der Waals surface area contributed by atoms with Crippen LogP contribution in [0, 0.1) is 5.82 Å². The summed E-state index contributed by atoms with van der Waals surface area (Å²) >= 11 is 3.48. The minimum absolute atomic E-state index is 0.184. The number of rotatable bonds is 4. The van der Waals surface area contributed by atoms with E-state index in [2.05, 4.69) is 31.3 Å². The van der Waals surface area contributed by atoms with Gasteiger partial charge in [0.05, 0.1) is 28.1 Å². The van der Waals surface area contributed by atoms with E-state index in [4.69, 9.17) is 0 Å². The van der Waals surface area contributed by atoms with Crippen LogP contribution in [-0.4, -0.2) is 21.8 Å². The van der Waals surface area contributed by atoms with Gasteiger partial charge in [0.1, 0.15) is 5.82 Å². The molecule has 19 heavy (non-hydrogen) atoms. The van der Waals surface area contributed by atoms with Gasteiger partial charge in [0, 0.05) is 12.2 Å². The molecule has 0 aliphatic heterocycles. The Hall–Kier alpha value is -1.27. The van der Waals surface area contributed by atoms with Gasteiger partial charge >= 0.3 is 0 Å². The van der Waals surface area contributed by atoms with E-state index < -0.39 is 0 Å². The number of aromatic nitrogens is 3. The molecule has 1 unspecified atom stereocenters. The maximum absolute atomic E-state index is 13.9. The van der Waals surface area contributed by atoms with Gasteiger partial charge in [0.15, 0.2) is 0 Å². The maximum atomic E-state index is 13.9. The summed E-state index contributed by atoms with van der Waals surface area (Å²) in [6.45, 7) is 4.06. The Kier molecular flexibility index (Phi) is 4.31. The molecule has 0 spiro atoms. The molecule has 0 aliphatic rings. The minimum Gasteiger partial charge on any atom is -0.307 e. The summed E-state index contributed by atoms with van der Waals surface area (Å²) in [5.74, 6) is -0.328. The minimum atomic E-state index is -0.347. The van der Waals surface area contributed by atoms with Crippen molar-refractivity contribution >= 4 is 15.9 Å². The van der Waals surface area contributed by atoms with E-state index in [9.17, 15) is 4.39 Å². The maximum Gasteiger partial charge on any atom is 0.146 e. The summed E-state index contributed by atoms with van der Waals surface area (Å²) < 4.78 is 16.6. The first-order chi connectivity index (χ1) is 9.06. The number of nitrogens with one attached hydrogen (secondary N) is 1. The molecule has 102 valence electrons. The quantitative estimate of drug-likeness (QED) is 0.938. The smallest absolute Gasteiger partial charge is 0.146 e. The van der Waals surface area contributed by atoms with E-state index in [1.165, 1.54) is 6.07 Å². The zero-order valence-corrected chi connectivity index (χ0v) is 12.6. The van der Waals surface area contributed by atoms with Gasteiger partial charge in [-0.15, -0.1) is 0 Å².